The van der Waals surface area contributed by atoms with Gasteiger partial charge in [0.1, 0.15) is 0 Å². The van der Waals surface area contributed by atoms with E-state index < -0.39 is 0 Å². The molecule has 5 nitrogen and oxygen atoms in total. The van der Waals surface area contributed by atoms with Gasteiger partial charge < -0.3 is 10.6 Å². The molecule has 0 bridgehead atoms. The van der Waals surface area contributed by atoms with Gasteiger partial charge >= 0.3 is 0 Å². The van der Waals surface area contributed by atoms with E-state index in [9.17, 15) is 9.59 Å². The van der Waals surface area contributed by atoms with Crippen LogP contribution in [0.2, 0.25) is 0 Å². The zero-order valence-electron chi connectivity index (χ0n) is 13.2. The van der Waals surface area contributed by atoms with Crippen LogP contribution in [-0.2, 0) is 16.0 Å². The van der Waals surface area contributed by atoms with Crippen molar-refractivity contribution in [3.05, 3.63) is 40.9 Å². The Bertz CT molecular complexity index is 782. The van der Waals surface area contributed by atoms with Crippen LogP contribution in [-0.4, -0.2) is 16.8 Å². The molecule has 0 saturated heterocycles. The lowest BCUT2D eigenvalue weighted by Gasteiger charge is -2.24. The highest BCUT2D eigenvalue weighted by Crippen LogP contribution is 2.40. The molecule has 2 amide bonds. The number of hydrogen-bond acceptors (Lipinski definition) is 4. The van der Waals surface area contributed by atoms with Crippen molar-refractivity contribution < 1.29 is 9.59 Å². The Labute approximate surface area is 144 Å². The van der Waals surface area contributed by atoms with E-state index in [0.717, 1.165) is 16.9 Å². The van der Waals surface area contributed by atoms with E-state index >= 15 is 0 Å². The topological polar surface area (TPSA) is 71.1 Å². The van der Waals surface area contributed by atoms with Crippen LogP contribution in [0.1, 0.15) is 42.9 Å². The Hall–Kier alpha value is -2.21. The highest BCUT2D eigenvalue weighted by Gasteiger charge is 2.27. The smallest absolute Gasteiger partial charge is 0.227 e. The Morgan fingerprint density at radius 1 is 1.33 bits per heavy atom. The zero-order chi connectivity index (χ0) is 16.5. The first-order valence-corrected chi connectivity index (χ1v) is 9.21. The van der Waals surface area contributed by atoms with Crippen molar-refractivity contribution in [2.45, 2.75) is 38.0 Å². The molecular weight excluding hydrogens is 322 g/mol. The van der Waals surface area contributed by atoms with E-state index in [0.29, 0.717) is 30.3 Å². The van der Waals surface area contributed by atoms with E-state index in [1.807, 2.05) is 29.6 Å². The van der Waals surface area contributed by atoms with Gasteiger partial charge in [-0.2, -0.15) is 0 Å². The van der Waals surface area contributed by atoms with Crippen molar-refractivity contribution in [3.63, 3.8) is 0 Å². The number of anilines is 2. The minimum atomic E-state index is -0.149. The Morgan fingerprint density at radius 3 is 3.00 bits per heavy atom. The molecule has 1 aromatic carbocycles. The minimum Gasteiger partial charge on any atom is -0.326 e. The molecule has 2 heterocycles. The Balaban J connectivity index is 1.31. The summed E-state index contributed by atoms with van der Waals surface area (Å²) < 4.78 is 0. The molecule has 1 aromatic heterocycles. The van der Waals surface area contributed by atoms with Crippen LogP contribution < -0.4 is 10.6 Å². The van der Waals surface area contributed by atoms with Gasteiger partial charge in [-0.1, -0.05) is 18.2 Å². The standard InChI is InChI=1S/C18H19N3O2S/c22-16(21-18-20-15(10-24-18)11-5-6-11)8-7-13-9-12-3-1-2-4-14(12)19-17(13)23/h1-4,10-11,13H,5-9H2,(H,19,23)(H,20,21,22)/t13-/m0/s1. The SMILES string of the molecule is O=C(CC[C@H]1Cc2ccccc2NC1=O)Nc1nc(C2CC2)cs1. The van der Waals surface area contributed by atoms with Gasteiger partial charge in [0.15, 0.2) is 5.13 Å². The molecule has 2 N–H and O–H groups in total. The fourth-order valence-corrected chi connectivity index (χ4v) is 3.85. The second-order valence-electron chi connectivity index (χ2n) is 6.49. The summed E-state index contributed by atoms with van der Waals surface area (Å²) in [6, 6.07) is 7.82. The first-order chi connectivity index (χ1) is 11.7. The fraction of sp³-hybridized carbons (Fsp3) is 0.389. The Morgan fingerprint density at radius 2 is 2.17 bits per heavy atom. The molecule has 124 valence electrons. The van der Waals surface area contributed by atoms with Crippen LogP contribution in [0.25, 0.3) is 0 Å². The number of amides is 2. The second-order valence-corrected chi connectivity index (χ2v) is 7.34. The van der Waals surface area contributed by atoms with E-state index in [-0.39, 0.29) is 17.7 Å². The average Bonchev–Trinajstić information content (AvgIpc) is 3.33. The summed E-state index contributed by atoms with van der Waals surface area (Å²) in [5, 5.41) is 8.47. The van der Waals surface area contributed by atoms with E-state index in [2.05, 4.69) is 15.6 Å². The number of nitrogens with one attached hydrogen (secondary N) is 2. The highest BCUT2D eigenvalue weighted by molar-refractivity contribution is 7.13. The minimum absolute atomic E-state index is 0.00627. The molecule has 0 radical (unpaired) electrons. The first kappa shape index (κ1) is 15.3. The summed E-state index contributed by atoms with van der Waals surface area (Å²) >= 11 is 1.48. The maximum atomic E-state index is 12.2. The van der Waals surface area contributed by atoms with Crippen molar-refractivity contribution in [1.29, 1.82) is 0 Å². The molecule has 1 atom stereocenters. The van der Waals surface area contributed by atoms with Gasteiger partial charge in [-0.25, -0.2) is 4.98 Å². The normalized spacial score (nSPS) is 19.5. The van der Waals surface area contributed by atoms with Gasteiger partial charge in [0.05, 0.1) is 5.69 Å². The van der Waals surface area contributed by atoms with Gasteiger partial charge in [-0.3, -0.25) is 9.59 Å². The third-order valence-electron chi connectivity index (χ3n) is 4.60. The lowest BCUT2D eigenvalue weighted by atomic mass is 9.89. The lowest BCUT2D eigenvalue weighted by molar-refractivity contribution is -0.121. The number of hydrogen-bond donors (Lipinski definition) is 2. The number of nitrogens with zero attached hydrogens (tertiary/aromatic N) is 1. The van der Waals surface area contributed by atoms with E-state index in [4.69, 9.17) is 0 Å². The summed E-state index contributed by atoms with van der Waals surface area (Å²) in [5.74, 6) is 0.381. The molecule has 0 unspecified atom stereocenters. The van der Waals surface area contributed by atoms with E-state index in [1.54, 1.807) is 0 Å². The van der Waals surface area contributed by atoms with Gasteiger partial charge in [-0.05, 0) is 37.3 Å². The highest BCUT2D eigenvalue weighted by atomic mass is 32.1. The fourth-order valence-electron chi connectivity index (χ4n) is 3.04. The molecule has 24 heavy (non-hydrogen) atoms. The predicted octanol–water partition coefficient (Wildman–Crippen LogP) is 3.55. The first-order valence-electron chi connectivity index (χ1n) is 8.33. The third kappa shape index (κ3) is 3.33. The van der Waals surface area contributed by atoms with Crippen molar-refractivity contribution in [3.8, 4) is 0 Å². The van der Waals surface area contributed by atoms with Gasteiger partial charge in [0, 0.05) is 29.3 Å². The van der Waals surface area contributed by atoms with Crippen LogP contribution in [0, 0.1) is 5.92 Å². The van der Waals surface area contributed by atoms with Crippen molar-refractivity contribution >= 4 is 34.0 Å². The summed E-state index contributed by atoms with van der Waals surface area (Å²) in [7, 11) is 0. The summed E-state index contributed by atoms with van der Waals surface area (Å²) in [6.07, 6.45) is 3.98. The number of para-hydroxylation sites is 1. The number of fused-ring (bicyclic) bond motifs is 1. The largest absolute Gasteiger partial charge is 0.326 e. The Kier molecular flexibility index (Phi) is 4.06. The molecule has 0 spiro atoms. The molecule has 1 fully saturated rings. The van der Waals surface area contributed by atoms with Crippen molar-refractivity contribution in [1.82, 2.24) is 4.98 Å². The molecule has 2 aliphatic rings. The zero-order valence-corrected chi connectivity index (χ0v) is 14.1. The summed E-state index contributed by atoms with van der Waals surface area (Å²) in [4.78, 5) is 28.7. The van der Waals surface area contributed by atoms with Crippen molar-refractivity contribution in [2.75, 3.05) is 10.6 Å². The third-order valence-corrected chi connectivity index (χ3v) is 5.37. The van der Waals surface area contributed by atoms with E-state index in [1.165, 1.54) is 24.2 Å². The van der Waals surface area contributed by atoms with Crippen LogP contribution >= 0.6 is 11.3 Å². The number of aromatic nitrogens is 1. The number of carbonyl (C=O) groups excluding carboxylic acids is 2. The molecule has 1 aliphatic carbocycles. The molecule has 4 rings (SSSR count). The molecular formula is C18H19N3O2S. The van der Waals surface area contributed by atoms with Crippen LogP contribution in [0.15, 0.2) is 29.6 Å². The summed E-state index contributed by atoms with van der Waals surface area (Å²) in [5.41, 5.74) is 3.12. The molecule has 2 aromatic rings. The van der Waals surface area contributed by atoms with Crippen molar-refractivity contribution in [2.24, 2.45) is 5.92 Å². The predicted molar refractivity (Wildman–Crippen MR) is 94.2 cm³/mol. The van der Waals surface area contributed by atoms with Crippen LogP contribution in [0.3, 0.4) is 0 Å². The maximum absolute atomic E-state index is 12.2. The van der Waals surface area contributed by atoms with Gasteiger partial charge in [0.2, 0.25) is 11.8 Å². The monoisotopic (exact) mass is 341 g/mol. The maximum Gasteiger partial charge on any atom is 0.227 e. The number of benzene rings is 1. The average molecular weight is 341 g/mol. The second kappa shape index (κ2) is 6.36. The quantitative estimate of drug-likeness (QED) is 0.873. The van der Waals surface area contributed by atoms with Gasteiger partial charge in [-0.15, -0.1) is 11.3 Å². The molecule has 6 heteroatoms. The van der Waals surface area contributed by atoms with Crippen LogP contribution in [0.4, 0.5) is 10.8 Å². The van der Waals surface area contributed by atoms with Crippen LogP contribution in [0.5, 0.6) is 0 Å². The number of thiazole rings is 1. The summed E-state index contributed by atoms with van der Waals surface area (Å²) in [6.45, 7) is 0. The van der Waals surface area contributed by atoms with Gasteiger partial charge in [0.25, 0.3) is 0 Å². The number of rotatable bonds is 5. The molecule has 1 saturated carbocycles. The number of carbonyl (C=O) groups is 2. The lowest BCUT2D eigenvalue weighted by Crippen LogP contribution is -2.30. The molecule has 1 aliphatic heterocycles.